The number of hydrogen-bond donors (Lipinski definition) is 2. The average molecular weight is 390 g/mol. The zero-order valence-electron chi connectivity index (χ0n) is 16.9. The van der Waals surface area contributed by atoms with Crippen molar-refractivity contribution in [3.8, 4) is 0 Å². The van der Waals surface area contributed by atoms with Crippen molar-refractivity contribution < 1.29 is 23.9 Å². The Labute approximate surface area is 166 Å². The van der Waals surface area contributed by atoms with Crippen LogP contribution in [0.25, 0.3) is 0 Å². The molecule has 1 rings (SSSR count). The van der Waals surface area contributed by atoms with E-state index in [9.17, 15) is 14.4 Å². The van der Waals surface area contributed by atoms with Gasteiger partial charge in [-0.05, 0) is 24.8 Å². The van der Waals surface area contributed by atoms with Crippen LogP contribution in [0.3, 0.4) is 0 Å². The Kier molecular flexibility index (Phi) is 10.4. The van der Waals surface area contributed by atoms with Crippen LogP contribution in [0.1, 0.15) is 39.2 Å². The summed E-state index contributed by atoms with van der Waals surface area (Å²) < 4.78 is 9.86. The summed E-state index contributed by atoms with van der Waals surface area (Å²) in [6.07, 6.45) is 3.40. The molecule has 0 aromatic heterocycles. The molecule has 154 valence electrons. The minimum absolute atomic E-state index is 0.0939. The molecule has 0 radical (unpaired) electrons. The summed E-state index contributed by atoms with van der Waals surface area (Å²) in [5.41, 5.74) is 0.902. The summed E-state index contributed by atoms with van der Waals surface area (Å²) in [6.45, 7) is 5.89. The van der Waals surface area contributed by atoms with Crippen molar-refractivity contribution in [3.05, 3.63) is 48.0 Å². The maximum atomic E-state index is 12.0. The Morgan fingerprint density at radius 1 is 1.07 bits per heavy atom. The maximum Gasteiger partial charge on any atom is 0.407 e. The number of carbonyl (C=O) groups is 3. The van der Waals surface area contributed by atoms with E-state index >= 15 is 0 Å². The zero-order valence-corrected chi connectivity index (χ0v) is 16.9. The number of alkyl carbamates (subject to hydrolysis) is 1. The SMILES string of the molecule is COC(=O)[C@H](CC(C)C)NC(=O)C/C=C/[C@@H](C)NC(=O)OCc1ccccc1. The minimum atomic E-state index is -0.658. The van der Waals surface area contributed by atoms with Crippen LogP contribution in [0.15, 0.2) is 42.5 Å². The molecule has 0 aliphatic heterocycles. The molecule has 0 saturated carbocycles. The first-order valence-electron chi connectivity index (χ1n) is 9.32. The maximum absolute atomic E-state index is 12.0. The fourth-order valence-corrected chi connectivity index (χ4v) is 2.46. The van der Waals surface area contributed by atoms with Crippen LogP contribution in [0.2, 0.25) is 0 Å². The number of amides is 2. The van der Waals surface area contributed by atoms with E-state index in [-0.39, 0.29) is 30.9 Å². The number of ether oxygens (including phenoxy) is 2. The largest absolute Gasteiger partial charge is 0.467 e. The first-order chi connectivity index (χ1) is 13.3. The second kappa shape index (κ2) is 12.5. The quantitative estimate of drug-likeness (QED) is 0.473. The van der Waals surface area contributed by atoms with E-state index in [4.69, 9.17) is 9.47 Å². The molecule has 7 heteroatoms. The van der Waals surface area contributed by atoms with Crippen LogP contribution in [0.4, 0.5) is 4.79 Å². The molecule has 0 aliphatic rings. The Morgan fingerprint density at radius 2 is 1.75 bits per heavy atom. The van der Waals surface area contributed by atoms with Gasteiger partial charge in [0.2, 0.25) is 5.91 Å². The third-order valence-electron chi connectivity index (χ3n) is 3.81. The third-order valence-corrected chi connectivity index (χ3v) is 3.81. The number of benzene rings is 1. The molecule has 2 atom stereocenters. The molecule has 0 heterocycles. The van der Waals surface area contributed by atoms with Gasteiger partial charge in [0.15, 0.2) is 0 Å². The molecular formula is C21H30N2O5. The van der Waals surface area contributed by atoms with E-state index < -0.39 is 18.1 Å². The summed E-state index contributed by atoms with van der Waals surface area (Å²) in [7, 11) is 1.30. The minimum Gasteiger partial charge on any atom is -0.467 e. The standard InChI is InChI=1S/C21H30N2O5/c1-15(2)13-18(20(25)27-4)23-19(24)12-8-9-16(3)22-21(26)28-14-17-10-6-5-7-11-17/h5-11,15-16,18H,12-14H2,1-4H3,(H,22,26)(H,23,24)/b9-8+/t16-,18+/m1/s1. The highest BCUT2D eigenvalue weighted by Gasteiger charge is 2.21. The summed E-state index contributed by atoms with van der Waals surface area (Å²) in [6, 6.07) is 8.42. The van der Waals surface area contributed by atoms with Gasteiger partial charge in [-0.3, -0.25) is 4.79 Å². The number of nitrogens with one attached hydrogen (secondary N) is 2. The molecule has 0 aliphatic carbocycles. The predicted molar refractivity (Wildman–Crippen MR) is 106 cm³/mol. The van der Waals surface area contributed by atoms with E-state index in [0.29, 0.717) is 6.42 Å². The van der Waals surface area contributed by atoms with Crippen molar-refractivity contribution in [3.63, 3.8) is 0 Å². The number of esters is 1. The Bertz CT molecular complexity index is 658. The highest BCUT2D eigenvalue weighted by atomic mass is 16.5. The van der Waals surface area contributed by atoms with Crippen molar-refractivity contribution >= 4 is 18.0 Å². The molecule has 1 aromatic carbocycles. The van der Waals surface area contributed by atoms with Crippen molar-refractivity contribution in [1.82, 2.24) is 10.6 Å². The van der Waals surface area contributed by atoms with Gasteiger partial charge in [0.25, 0.3) is 0 Å². The molecule has 0 spiro atoms. The van der Waals surface area contributed by atoms with E-state index in [1.807, 2.05) is 44.2 Å². The van der Waals surface area contributed by atoms with E-state index in [1.54, 1.807) is 19.1 Å². The van der Waals surface area contributed by atoms with Gasteiger partial charge in [-0.2, -0.15) is 0 Å². The summed E-state index contributed by atoms with van der Waals surface area (Å²) in [4.78, 5) is 35.6. The van der Waals surface area contributed by atoms with Crippen molar-refractivity contribution in [1.29, 1.82) is 0 Å². The predicted octanol–water partition coefficient (Wildman–Crippen LogP) is 2.95. The smallest absolute Gasteiger partial charge is 0.407 e. The third kappa shape index (κ3) is 9.75. The van der Waals surface area contributed by atoms with Gasteiger partial charge >= 0.3 is 12.1 Å². The second-order valence-electron chi connectivity index (χ2n) is 6.90. The van der Waals surface area contributed by atoms with Crippen LogP contribution in [0.5, 0.6) is 0 Å². The summed E-state index contributed by atoms with van der Waals surface area (Å²) in [5.74, 6) is -0.501. The highest BCUT2D eigenvalue weighted by molar-refractivity contribution is 5.85. The van der Waals surface area contributed by atoms with Crippen molar-refractivity contribution in [2.75, 3.05) is 7.11 Å². The van der Waals surface area contributed by atoms with E-state index in [0.717, 1.165) is 5.56 Å². The van der Waals surface area contributed by atoms with Gasteiger partial charge in [0.1, 0.15) is 12.6 Å². The Balaban J connectivity index is 2.36. The molecule has 7 nitrogen and oxygen atoms in total. The average Bonchev–Trinajstić information content (AvgIpc) is 2.65. The molecule has 2 amide bonds. The van der Waals surface area contributed by atoms with Gasteiger partial charge in [-0.1, -0.05) is 56.3 Å². The lowest BCUT2D eigenvalue weighted by Crippen LogP contribution is -2.42. The monoisotopic (exact) mass is 390 g/mol. The van der Waals surface area contributed by atoms with Gasteiger partial charge in [0, 0.05) is 12.5 Å². The zero-order chi connectivity index (χ0) is 20.9. The first-order valence-corrected chi connectivity index (χ1v) is 9.32. The molecule has 28 heavy (non-hydrogen) atoms. The lowest BCUT2D eigenvalue weighted by atomic mass is 10.0. The van der Waals surface area contributed by atoms with Gasteiger partial charge in [0.05, 0.1) is 7.11 Å². The van der Waals surface area contributed by atoms with Gasteiger partial charge in [-0.15, -0.1) is 0 Å². The fraction of sp³-hybridized carbons (Fsp3) is 0.476. The molecule has 0 unspecified atom stereocenters. The van der Waals surface area contributed by atoms with Crippen LogP contribution >= 0.6 is 0 Å². The topological polar surface area (TPSA) is 93.7 Å². The lowest BCUT2D eigenvalue weighted by molar-refractivity contribution is -0.145. The number of carbonyl (C=O) groups excluding carboxylic acids is 3. The first kappa shape index (κ1) is 23.2. The van der Waals surface area contributed by atoms with E-state index in [2.05, 4.69) is 10.6 Å². The molecule has 2 N–H and O–H groups in total. The second-order valence-corrected chi connectivity index (χ2v) is 6.90. The van der Waals surface area contributed by atoms with Crippen LogP contribution in [-0.2, 0) is 25.7 Å². The van der Waals surface area contributed by atoms with Crippen LogP contribution in [0, 0.1) is 5.92 Å². The number of hydrogen-bond acceptors (Lipinski definition) is 5. The van der Waals surface area contributed by atoms with E-state index in [1.165, 1.54) is 7.11 Å². The fourth-order valence-electron chi connectivity index (χ4n) is 2.46. The van der Waals surface area contributed by atoms with Crippen LogP contribution < -0.4 is 10.6 Å². The molecular weight excluding hydrogens is 360 g/mol. The van der Waals surface area contributed by atoms with Gasteiger partial charge in [-0.25, -0.2) is 9.59 Å². The summed E-state index contributed by atoms with van der Waals surface area (Å²) >= 11 is 0. The Morgan fingerprint density at radius 3 is 2.36 bits per heavy atom. The summed E-state index contributed by atoms with van der Waals surface area (Å²) in [5, 5.41) is 5.34. The van der Waals surface area contributed by atoms with Crippen LogP contribution in [-0.4, -0.2) is 37.2 Å². The highest BCUT2D eigenvalue weighted by Crippen LogP contribution is 2.07. The molecule has 0 fully saturated rings. The number of rotatable bonds is 10. The molecule has 0 bridgehead atoms. The van der Waals surface area contributed by atoms with Gasteiger partial charge < -0.3 is 20.1 Å². The normalized spacial score (nSPS) is 13.0. The lowest BCUT2D eigenvalue weighted by Gasteiger charge is -2.17. The Hall–Kier alpha value is -2.83. The van der Waals surface area contributed by atoms with Crippen molar-refractivity contribution in [2.24, 2.45) is 5.92 Å². The molecule has 1 aromatic rings. The molecule has 0 saturated heterocycles. The van der Waals surface area contributed by atoms with Crippen molar-refractivity contribution in [2.45, 2.75) is 52.3 Å². The number of methoxy groups -OCH3 is 1.